The molecule has 0 unspecified atom stereocenters. The van der Waals surface area contributed by atoms with Crippen LogP contribution in [0.1, 0.15) is 22.5 Å². The number of aryl methyl sites for hydroxylation is 1. The van der Waals surface area contributed by atoms with Crippen molar-refractivity contribution in [1.82, 2.24) is 19.6 Å². The molecule has 1 aromatic carbocycles. The Hall–Kier alpha value is -1.86. The number of hydrogen-bond acceptors (Lipinski definition) is 4. The topological polar surface area (TPSA) is 50.6 Å². The van der Waals surface area contributed by atoms with Crippen molar-refractivity contribution in [3.8, 4) is 5.88 Å². The van der Waals surface area contributed by atoms with Crippen LogP contribution in [-0.4, -0.2) is 58.3 Å². The third-order valence-electron chi connectivity index (χ3n) is 4.71. The van der Waals surface area contributed by atoms with E-state index in [4.69, 9.17) is 4.74 Å². The molecule has 1 aromatic heterocycles. The molecule has 1 saturated heterocycles. The molecule has 0 spiro atoms. The zero-order valence-electron chi connectivity index (χ0n) is 14.0. The summed E-state index contributed by atoms with van der Waals surface area (Å²) in [5, 5.41) is 4.45. The number of benzene rings is 1. The molecule has 2 aliphatic heterocycles. The van der Waals surface area contributed by atoms with Crippen LogP contribution in [0.4, 0.5) is 0 Å². The van der Waals surface area contributed by atoms with Crippen molar-refractivity contribution in [2.75, 3.05) is 32.8 Å². The summed E-state index contributed by atoms with van der Waals surface area (Å²) in [5.74, 6) is 0.661. The van der Waals surface area contributed by atoms with Gasteiger partial charge in [0.2, 0.25) is 5.88 Å². The van der Waals surface area contributed by atoms with Crippen molar-refractivity contribution >= 4 is 21.8 Å². The second-order valence-electron chi connectivity index (χ2n) is 6.45. The average molecular weight is 405 g/mol. The average Bonchev–Trinajstić information content (AvgIpc) is 3.00. The molecule has 0 atom stereocenters. The van der Waals surface area contributed by atoms with Crippen molar-refractivity contribution in [3.05, 3.63) is 46.1 Å². The largest absolute Gasteiger partial charge is 0.477 e. The second kappa shape index (κ2) is 7.17. The molecule has 25 heavy (non-hydrogen) atoms. The van der Waals surface area contributed by atoms with Gasteiger partial charge in [-0.05, 0) is 21.5 Å². The van der Waals surface area contributed by atoms with Crippen LogP contribution >= 0.6 is 15.9 Å². The van der Waals surface area contributed by atoms with Gasteiger partial charge >= 0.3 is 0 Å². The molecule has 0 bridgehead atoms. The smallest absolute Gasteiger partial charge is 0.275 e. The number of ether oxygens (including phenoxy) is 1. The maximum absolute atomic E-state index is 12.8. The molecule has 6 nitrogen and oxygen atoms in total. The van der Waals surface area contributed by atoms with Crippen molar-refractivity contribution < 1.29 is 9.53 Å². The van der Waals surface area contributed by atoms with Gasteiger partial charge in [-0.3, -0.25) is 9.69 Å². The SMILES string of the molecule is O=C(c1nn2c(c1Br)OCCC2)N1CCN(Cc2ccccc2)CC1. The lowest BCUT2D eigenvalue weighted by atomic mass is 10.2. The number of carbonyl (C=O) groups is 1. The zero-order chi connectivity index (χ0) is 17.2. The molecule has 4 rings (SSSR count). The lowest BCUT2D eigenvalue weighted by Gasteiger charge is -2.34. The molecule has 2 aromatic rings. The van der Waals surface area contributed by atoms with Gasteiger partial charge in [0.15, 0.2) is 5.69 Å². The predicted octanol–water partition coefficient (Wildman–Crippen LogP) is 2.39. The fraction of sp³-hybridized carbons (Fsp3) is 0.444. The summed E-state index contributed by atoms with van der Waals surface area (Å²) >= 11 is 3.49. The lowest BCUT2D eigenvalue weighted by molar-refractivity contribution is 0.0621. The molecule has 2 aliphatic rings. The van der Waals surface area contributed by atoms with E-state index in [1.54, 1.807) is 4.68 Å². The first kappa shape index (κ1) is 16.6. The number of piperazine rings is 1. The summed E-state index contributed by atoms with van der Waals surface area (Å²) in [5.41, 5.74) is 1.78. The van der Waals surface area contributed by atoms with Crippen LogP contribution in [0.15, 0.2) is 34.8 Å². The van der Waals surface area contributed by atoms with E-state index in [1.165, 1.54) is 5.56 Å². The first-order valence-corrected chi connectivity index (χ1v) is 9.46. The quantitative estimate of drug-likeness (QED) is 0.787. The van der Waals surface area contributed by atoms with E-state index in [0.717, 1.165) is 45.7 Å². The Bertz CT molecular complexity index is 754. The number of nitrogens with zero attached hydrogens (tertiary/aromatic N) is 4. The van der Waals surface area contributed by atoms with Crippen LogP contribution < -0.4 is 4.74 Å². The van der Waals surface area contributed by atoms with Gasteiger partial charge in [0.05, 0.1) is 6.61 Å². The minimum atomic E-state index is -0.0169. The first-order chi connectivity index (χ1) is 12.2. The third-order valence-corrected chi connectivity index (χ3v) is 5.43. The number of amides is 1. The van der Waals surface area contributed by atoms with Crippen LogP contribution in [0.5, 0.6) is 5.88 Å². The number of carbonyl (C=O) groups excluding carboxylic acids is 1. The van der Waals surface area contributed by atoms with Gasteiger partial charge in [0.25, 0.3) is 5.91 Å². The van der Waals surface area contributed by atoms with E-state index in [-0.39, 0.29) is 5.91 Å². The van der Waals surface area contributed by atoms with Crippen molar-refractivity contribution in [2.24, 2.45) is 0 Å². The maximum atomic E-state index is 12.8. The molecule has 7 heteroatoms. The number of aromatic nitrogens is 2. The summed E-state index contributed by atoms with van der Waals surface area (Å²) in [4.78, 5) is 17.1. The normalized spacial score (nSPS) is 17.9. The highest BCUT2D eigenvalue weighted by Gasteiger charge is 2.29. The van der Waals surface area contributed by atoms with E-state index in [0.29, 0.717) is 22.7 Å². The molecule has 0 N–H and O–H groups in total. The third kappa shape index (κ3) is 3.43. The van der Waals surface area contributed by atoms with E-state index >= 15 is 0 Å². The van der Waals surface area contributed by atoms with Crippen molar-refractivity contribution in [3.63, 3.8) is 0 Å². The Balaban J connectivity index is 1.39. The van der Waals surface area contributed by atoms with Crippen LogP contribution in [0.25, 0.3) is 0 Å². The summed E-state index contributed by atoms with van der Waals surface area (Å²) in [6, 6.07) is 10.4. The molecule has 132 valence electrons. The second-order valence-corrected chi connectivity index (χ2v) is 7.24. The number of fused-ring (bicyclic) bond motifs is 1. The predicted molar refractivity (Wildman–Crippen MR) is 97.7 cm³/mol. The summed E-state index contributed by atoms with van der Waals surface area (Å²) in [7, 11) is 0. The molecule has 0 radical (unpaired) electrons. The summed E-state index contributed by atoms with van der Waals surface area (Å²) in [6.45, 7) is 5.61. The Morgan fingerprint density at radius 2 is 1.88 bits per heavy atom. The van der Waals surface area contributed by atoms with Crippen molar-refractivity contribution in [2.45, 2.75) is 19.5 Å². The van der Waals surface area contributed by atoms with Crippen LogP contribution in [0.3, 0.4) is 0 Å². The number of rotatable bonds is 3. The Morgan fingerprint density at radius 1 is 1.12 bits per heavy atom. The van der Waals surface area contributed by atoms with Crippen LogP contribution in [0, 0.1) is 0 Å². The van der Waals surface area contributed by atoms with Crippen LogP contribution in [0.2, 0.25) is 0 Å². The first-order valence-electron chi connectivity index (χ1n) is 8.67. The number of hydrogen-bond donors (Lipinski definition) is 0. The van der Waals surface area contributed by atoms with E-state index in [1.807, 2.05) is 11.0 Å². The Labute approximate surface area is 155 Å². The lowest BCUT2D eigenvalue weighted by Crippen LogP contribution is -2.48. The maximum Gasteiger partial charge on any atom is 0.275 e. The molecule has 1 fully saturated rings. The molecule has 0 aliphatic carbocycles. The minimum Gasteiger partial charge on any atom is -0.477 e. The standard InChI is InChI=1S/C18H21BrN4O2/c19-15-16(20-23-7-4-12-25-18(15)23)17(24)22-10-8-21(9-11-22)13-14-5-2-1-3-6-14/h1-3,5-6H,4,7-13H2. The summed E-state index contributed by atoms with van der Waals surface area (Å²) < 4.78 is 8.10. The van der Waals surface area contributed by atoms with E-state index in [9.17, 15) is 4.79 Å². The molecular formula is C18H21BrN4O2. The zero-order valence-corrected chi connectivity index (χ0v) is 15.6. The van der Waals surface area contributed by atoms with E-state index < -0.39 is 0 Å². The molecule has 3 heterocycles. The van der Waals surface area contributed by atoms with Gasteiger partial charge in [0, 0.05) is 45.7 Å². The highest BCUT2D eigenvalue weighted by molar-refractivity contribution is 9.10. The fourth-order valence-electron chi connectivity index (χ4n) is 3.33. The minimum absolute atomic E-state index is 0.0169. The summed E-state index contributed by atoms with van der Waals surface area (Å²) in [6.07, 6.45) is 0.924. The molecule has 0 saturated carbocycles. The molecular weight excluding hydrogens is 384 g/mol. The highest BCUT2D eigenvalue weighted by Crippen LogP contribution is 2.32. The van der Waals surface area contributed by atoms with E-state index in [2.05, 4.69) is 50.2 Å². The molecule has 1 amide bonds. The van der Waals surface area contributed by atoms with Crippen molar-refractivity contribution in [1.29, 1.82) is 0 Å². The van der Waals surface area contributed by atoms with Crippen LogP contribution in [-0.2, 0) is 13.1 Å². The number of halogens is 1. The van der Waals surface area contributed by atoms with Gasteiger partial charge in [-0.2, -0.15) is 5.10 Å². The van der Waals surface area contributed by atoms with Gasteiger partial charge in [-0.1, -0.05) is 30.3 Å². The van der Waals surface area contributed by atoms with Gasteiger partial charge < -0.3 is 9.64 Å². The monoisotopic (exact) mass is 404 g/mol. The van der Waals surface area contributed by atoms with Gasteiger partial charge in [-0.25, -0.2) is 4.68 Å². The highest BCUT2D eigenvalue weighted by atomic mass is 79.9. The Morgan fingerprint density at radius 3 is 2.60 bits per heavy atom. The van der Waals surface area contributed by atoms with Gasteiger partial charge in [0.1, 0.15) is 4.47 Å². The van der Waals surface area contributed by atoms with Gasteiger partial charge in [-0.15, -0.1) is 0 Å². The Kier molecular flexibility index (Phi) is 4.76. The fourth-order valence-corrected chi connectivity index (χ4v) is 3.90.